The van der Waals surface area contributed by atoms with Gasteiger partial charge in [0.1, 0.15) is 31.9 Å². The summed E-state index contributed by atoms with van der Waals surface area (Å²) in [5, 5.41) is 0. The fraction of sp³-hybridized carbons (Fsp3) is 0.727. The number of quaternary nitrogens is 1. The molecule has 0 aromatic rings. The van der Waals surface area contributed by atoms with E-state index in [1.807, 2.05) is 14.1 Å². The highest BCUT2D eigenvalue weighted by molar-refractivity contribution is 5.69. The lowest BCUT2D eigenvalue weighted by molar-refractivity contribution is -0.883. The van der Waals surface area contributed by atoms with Crippen LogP contribution in [0.4, 0.5) is 0 Å². The third-order valence-electron chi connectivity index (χ3n) is 7.37. The van der Waals surface area contributed by atoms with Gasteiger partial charge in [0.2, 0.25) is 0 Å². The average molecular weight is 747 g/mol. The molecule has 0 bridgehead atoms. The Morgan fingerprint density at radius 2 is 0.904 bits per heavy atom. The second kappa shape index (κ2) is 20.0. The fourth-order valence-corrected chi connectivity index (χ4v) is 5.38. The molecule has 2 heterocycles. The van der Waals surface area contributed by atoms with Gasteiger partial charge in [-0.2, -0.15) is 0 Å². The van der Waals surface area contributed by atoms with Gasteiger partial charge in [0, 0.05) is 48.5 Å². The van der Waals surface area contributed by atoms with Crippen molar-refractivity contribution >= 4 is 41.8 Å². The molecule has 10 atom stereocenters. The van der Waals surface area contributed by atoms with Crippen LogP contribution in [0.25, 0.3) is 0 Å². The average Bonchev–Trinajstić information content (AvgIpc) is 2.99. The van der Waals surface area contributed by atoms with Crippen LogP contribution in [0.1, 0.15) is 48.5 Å². The number of carbonyl (C=O) groups excluding carboxylic acids is 7. The lowest BCUT2D eigenvalue weighted by Gasteiger charge is -2.46. The Morgan fingerprint density at radius 3 is 1.29 bits per heavy atom. The van der Waals surface area contributed by atoms with Crippen molar-refractivity contribution in [2.24, 2.45) is 0 Å². The Hall–Kier alpha value is -4.35. The summed E-state index contributed by atoms with van der Waals surface area (Å²) in [5.74, 6) is -3.17. The molecule has 0 aromatic carbocycles. The van der Waals surface area contributed by atoms with Crippen molar-refractivity contribution in [1.29, 1.82) is 0 Å². The largest absolute Gasteiger partial charge is 0.463 e. The minimum atomic E-state index is -1.64. The molecule has 52 heavy (non-hydrogen) atoms. The molecule has 0 aliphatic carbocycles. The van der Waals surface area contributed by atoms with Crippen LogP contribution in [-0.2, 0) is 85.7 Å². The summed E-state index contributed by atoms with van der Waals surface area (Å²) in [4.78, 5) is 85.1. The van der Waals surface area contributed by atoms with E-state index in [0.29, 0.717) is 17.6 Å². The maximum Gasteiger partial charge on any atom is 0.303 e. The lowest BCUT2D eigenvalue weighted by Crippen LogP contribution is -2.65. The molecule has 2 aliphatic heterocycles. The van der Waals surface area contributed by atoms with E-state index in [1.165, 1.54) is 0 Å². The molecule has 2 rings (SSSR count). The topological polar surface area (TPSA) is 221 Å². The number of ether oxygens (including phenoxy) is 11. The van der Waals surface area contributed by atoms with Crippen LogP contribution in [0.3, 0.4) is 0 Å². The van der Waals surface area contributed by atoms with Crippen LogP contribution >= 0.6 is 0 Å². The first-order chi connectivity index (χ1) is 24.2. The van der Waals surface area contributed by atoms with Crippen LogP contribution in [0.15, 0.2) is 0 Å². The van der Waals surface area contributed by atoms with Crippen molar-refractivity contribution in [3.8, 4) is 12.3 Å². The number of esters is 7. The third kappa shape index (κ3) is 14.0. The van der Waals surface area contributed by atoms with Crippen LogP contribution in [0.5, 0.6) is 0 Å². The van der Waals surface area contributed by atoms with Crippen molar-refractivity contribution in [3.05, 3.63) is 0 Å². The monoisotopic (exact) mass is 746 g/mol. The van der Waals surface area contributed by atoms with Crippen LogP contribution in [0.2, 0.25) is 0 Å². The number of likely N-dealkylation sites (N-methyl/N-ethyl adjacent to an activating group) is 1. The zero-order valence-electron chi connectivity index (χ0n) is 30.7. The van der Waals surface area contributed by atoms with E-state index in [0.717, 1.165) is 48.5 Å². The van der Waals surface area contributed by atoms with Gasteiger partial charge < -0.3 is 56.6 Å². The van der Waals surface area contributed by atoms with Gasteiger partial charge in [0.25, 0.3) is 0 Å². The highest BCUT2D eigenvalue weighted by atomic mass is 16.8. The summed E-state index contributed by atoms with van der Waals surface area (Å²) < 4.78 is 62.4. The Kier molecular flexibility index (Phi) is 16.9. The molecular weight excluding hydrogens is 698 g/mol. The van der Waals surface area contributed by atoms with Crippen molar-refractivity contribution in [2.75, 3.05) is 47.0 Å². The van der Waals surface area contributed by atoms with Crippen molar-refractivity contribution in [2.45, 2.75) is 110 Å². The van der Waals surface area contributed by atoms with E-state index in [4.69, 9.17) is 58.5 Å². The van der Waals surface area contributed by atoms with Crippen LogP contribution < -0.4 is 0 Å². The van der Waals surface area contributed by atoms with E-state index in [1.54, 1.807) is 0 Å². The number of hydrogen-bond donors (Lipinski definition) is 0. The standard InChI is InChI=1S/C33H48NO18/c1-11-12-34(9,10)13-14-42-32-30(49-22(7)40)28(47-20(5)38)27(46-19(4)37)25(51-32)16-44-33-31(50-23(8)41)29(48-21(6)39)26(45-18(3)36)24(52-33)15-43-17(2)35/h1,24-33H,12-16H2,2-10H3/q+1/t24?,25?,26?,27-,28?,29?,30-,31-,32?,33+/m1/s1. The minimum Gasteiger partial charge on any atom is -0.463 e. The molecule has 19 heteroatoms. The lowest BCUT2D eigenvalue weighted by atomic mass is 9.97. The van der Waals surface area contributed by atoms with E-state index in [2.05, 4.69) is 5.92 Å². The Labute approximate surface area is 301 Å². The van der Waals surface area contributed by atoms with Crippen molar-refractivity contribution in [3.63, 3.8) is 0 Å². The zero-order valence-corrected chi connectivity index (χ0v) is 30.7. The molecular formula is C33H48NO18+. The number of nitrogens with zero attached hydrogens (tertiary/aromatic N) is 1. The number of terminal acetylenes is 1. The molecule has 0 N–H and O–H groups in total. The first kappa shape index (κ1) is 43.8. The minimum absolute atomic E-state index is 0.00933. The van der Waals surface area contributed by atoms with Crippen LogP contribution in [0, 0.1) is 12.3 Å². The Balaban J connectivity index is 2.57. The van der Waals surface area contributed by atoms with Gasteiger partial charge in [-0.1, -0.05) is 0 Å². The van der Waals surface area contributed by atoms with E-state index < -0.39 is 116 Å². The molecule has 0 saturated carbocycles. The summed E-state index contributed by atoms with van der Waals surface area (Å²) in [6.07, 6.45) is -9.24. The Bertz CT molecular complexity index is 1340. The van der Waals surface area contributed by atoms with Crippen molar-refractivity contribution < 1.29 is 90.2 Å². The molecule has 0 spiro atoms. The molecule has 0 amide bonds. The molecule has 2 aliphatic rings. The van der Waals surface area contributed by atoms with E-state index >= 15 is 0 Å². The van der Waals surface area contributed by atoms with Gasteiger partial charge in [-0.3, -0.25) is 33.6 Å². The second-order valence-corrected chi connectivity index (χ2v) is 12.6. The van der Waals surface area contributed by atoms with Crippen molar-refractivity contribution in [1.82, 2.24) is 0 Å². The summed E-state index contributed by atoms with van der Waals surface area (Å²) in [6, 6.07) is 0. The van der Waals surface area contributed by atoms with E-state index in [-0.39, 0.29) is 6.61 Å². The van der Waals surface area contributed by atoms with Gasteiger partial charge in [0.05, 0.1) is 27.3 Å². The smallest absolute Gasteiger partial charge is 0.303 e. The molecule has 0 radical (unpaired) electrons. The summed E-state index contributed by atoms with van der Waals surface area (Å²) in [7, 11) is 3.72. The molecule has 2 saturated heterocycles. The van der Waals surface area contributed by atoms with Gasteiger partial charge >= 0.3 is 41.8 Å². The molecule has 19 nitrogen and oxygen atoms in total. The highest BCUT2D eigenvalue weighted by Gasteiger charge is 2.55. The fourth-order valence-electron chi connectivity index (χ4n) is 5.38. The molecule has 6 unspecified atom stereocenters. The van der Waals surface area contributed by atoms with Gasteiger partial charge in [-0.15, -0.1) is 6.42 Å². The maximum atomic E-state index is 12.3. The summed E-state index contributed by atoms with van der Waals surface area (Å²) in [5.41, 5.74) is 0. The first-order valence-corrected chi connectivity index (χ1v) is 16.2. The highest BCUT2D eigenvalue weighted by Crippen LogP contribution is 2.33. The van der Waals surface area contributed by atoms with Gasteiger partial charge in [-0.05, 0) is 5.92 Å². The number of rotatable bonds is 16. The normalized spacial score (nSPS) is 28.6. The quantitative estimate of drug-likeness (QED) is 0.0827. The van der Waals surface area contributed by atoms with Gasteiger partial charge in [-0.25, -0.2) is 0 Å². The predicted octanol–water partition coefficient (Wildman–Crippen LogP) is -0.668. The maximum absolute atomic E-state index is 12.3. The SMILES string of the molecule is C#CC[N+](C)(C)CCOC1OC(CO[C@H]2OC(COC(C)=O)C(OC(C)=O)C(OC(C)=O)[C@H]2OC(C)=O)[C@@H](OC(C)=O)C(OC(C)=O)[C@H]1OC(C)=O. The predicted molar refractivity (Wildman–Crippen MR) is 170 cm³/mol. The second-order valence-electron chi connectivity index (χ2n) is 12.6. The number of carbonyl (C=O) groups is 7. The van der Waals surface area contributed by atoms with E-state index in [9.17, 15) is 33.6 Å². The third-order valence-corrected chi connectivity index (χ3v) is 7.37. The zero-order chi connectivity index (χ0) is 39.3. The Morgan fingerprint density at radius 1 is 0.538 bits per heavy atom. The molecule has 292 valence electrons. The molecule has 2 fully saturated rings. The van der Waals surface area contributed by atoms with Crippen LogP contribution in [-0.4, -0.2) is 155 Å². The number of hydrogen-bond acceptors (Lipinski definition) is 18. The summed E-state index contributed by atoms with van der Waals surface area (Å²) >= 11 is 0. The first-order valence-electron chi connectivity index (χ1n) is 16.2. The van der Waals surface area contributed by atoms with Gasteiger partial charge in [0.15, 0.2) is 49.2 Å². The summed E-state index contributed by atoms with van der Waals surface area (Å²) in [6.45, 7) is 7.21. The molecule has 0 aromatic heterocycles.